The molecule has 0 aromatic carbocycles. The van der Waals surface area contributed by atoms with Crippen LogP contribution in [-0.4, -0.2) is 39.3 Å². The van der Waals surface area contributed by atoms with Gasteiger partial charge in [-0.05, 0) is 19.0 Å². The Balaban J connectivity index is 1.85. The summed E-state index contributed by atoms with van der Waals surface area (Å²) >= 11 is 0. The van der Waals surface area contributed by atoms with Gasteiger partial charge < -0.3 is 10.6 Å². The Morgan fingerprint density at radius 2 is 2.22 bits per heavy atom. The van der Waals surface area contributed by atoms with Crippen molar-refractivity contribution in [1.82, 2.24) is 25.5 Å². The maximum atomic E-state index is 9.42. The number of aromatic amines is 1. The van der Waals surface area contributed by atoms with Gasteiger partial charge in [0.05, 0.1) is 23.5 Å². The van der Waals surface area contributed by atoms with Crippen molar-refractivity contribution >= 4 is 16.7 Å². The zero-order valence-corrected chi connectivity index (χ0v) is 12.4. The molecule has 3 N–H and O–H groups in total. The summed E-state index contributed by atoms with van der Waals surface area (Å²) in [6.45, 7) is 1.95. The summed E-state index contributed by atoms with van der Waals surface area (Å²) in [7, 11) is 0. The lowest BCUT2D eigenvalue weighted by atomic mass is 10.0. The third kappa shape index (κ3) is 2.49. The van der Waals surface area contributed by atoms with Gasteiger partial charge in [-0.3, -0.25) is 10.1 Å². The summed E-state index contributed by atoms with van der Waals surface area (Å²) in [5.74, 6) is 0.799. The number of rotatable bonds is 3. The molecule has 4 heterocycles. The first-order chi connectivity index (χ1) is 11.3. The molecule has 7 nitrogen and oxygen atoms in total. The number of anilines is 1. The van der Waals surface area contributed by atoms with Crippen LogP contribution in [0.25, 0.3) is 22.0 Å². The Morgan fingerprint density at radius 1 is 1.26 bits per heavy atom. The van der Waals surface area contributed by atoms with E-state index in [4.69, 9.17) is 0 Å². The number of fused-ring (bicyclic) bond motifs is 1. The number of H-pyrrole nitrogens is 1. The monoisotopic (exact) mass is 305 g/mol. The van der Waals surface area contributed by atoms with Gasteiger partial charge in [0.2, 0.25) is 0 Å². The van der Waals surface area contributed by atoms with Crippen LogP contribution >= 0.6 is 0 Å². The van der Waals surface area contributed by atoms with Crippen molar-refractivity contribution in [3.63, 3.8) is 0 Å². The van der Waals surface area contributed by atoms with E-state index in [1.165, 1.54) is 0 Å². The fraction of sp³-hybridized carbons (Fsp3) is 0.250. The maximum absolute atomic E-state index is 9.42. The highest BCUT2D eigenvalue weighted by molar-refractivity contribution is 5.97. The molecule has 0 unspecified atom stereocenters. The second kappa shape index (κ2) is 5.66. The minimum Gasteiger partial charge on any atom is -0.366 e. The van der Waals surface area contributed by atoms with E-state index < -0.39 is 0 Å². The lowest BCUT2D eigenvalue weighted by Gasteiger charge is -2.13. The molecule has 0 aliphatic carbocycles. The maximum Gasteiger partial charge on any atom is 0.126 e. The average Bonchev–Trinajstić information content (AvgIpc) is 3.27. The van der Waals surface area contributed by atoms with Crippen molar-refractivity contribution in [2.45, 2.75) is 12.5 Å². The van der Waals surface area contributed by atoms with E-state index in [9.17, 15) is 5.26 Å². The number of nitrogens with one attached hydrogen (secondary N) is 3. The predicted octanol–water partition coefficient (Wildman–Crippen LogP) is 1.67. The average molecular weight is 305 g/mol. The molecule has 0 bridgehead atoms. The zero-order chi connectivity index (χ0) is 15.6. The van der Waals surface area contributed by atoms with Crippen molar-refractivity contribution < 1.29 is 0 Å². The molecule has 4 rings (SSSR count). The van der Waals surface area contributed by atoms with E-state index in [1.807, 2.05) is 6.07 Å². The van der Waals surface area contributed by atoms with E-state index in [0.29, 0.717) is 11.6 Å². The van der Waals surface area contributed by atoms with Crippen molar-refractivity contribution in [3.8, 4) is 17.2 Å². The summed E-state index contributed by atoms with van der Waals surface area (Å²) in [5.41, 5.74) is 2.99. The van der Waals surface area contributed by atoms with Crippen molar-refractivity contribution in [2.75, 3.05) is 18.4 Å². The molecule has 0 saturated carbocycles. The zero-order valence-electron chi connectivity index (χ0n) is 12.4. The van der Waals surface area contributed by atoms with Gasteiger partial charge in [-0.25, -0.2) is 4.98 Å². The number of pyridine rings is 2. The highest BCUT2D eigenvalue weighted by atomic mass is 15.1. The minimum atomic E-state index is 0.379. The van der Waals surface area contributed by atoms with E-state index in [-0.39, 0.29) is 0 Å². The van der Waals surface area contributed by atoms with Crippen LogP contribution in [0.4, 0.5) is 5.82 Å². The molecular weight excluding hydrogens is 290 g/mol. The number of nitriles is 1. The fourth-order valence-electron chi connectivity index (χ4n) is 2.94. The summed E-state index contributed by atoms with van der Waals surface area (Å²) in [4.78, 5) is 8.78. The quantitative estimate of drug-likeness (QED) is 0.680. The topological polar surface area (TPSA) is 102 Å². The molecule has 0 amide bonds. The van der Waals surface area contributed by atoms with Gasteiger partial charge in [-0.15, -0.1) is 0 Å². The first kappa shape index (κ1) is 13.7. The van der Waals surface area contributed by atoms with Crippen LogP contribution in [0.2, 0.25) is 0 Å². The van der Waals surface area contributed by atoms with Crippen LogP contribution in [0.15, 0.2) is 30.9 Å². The van der Waals surface area contributed by atoms with Gasteiger partial charge in [0, 0.05) is 41.5 Å². The van der Waals surface area contributed by atoms with Crippen LogP contribution < -0.4 is 10.6 Å². The smallest absolute Gasteiger partial charge is 0.126 e. The van der Waals surface area contributed by atoms with Gasteiger partial charge in [0.15, 0.2) is 0 Å². The Labute approximate surface area is 132 Å². The van der Waals surface area contributed by atoms with Crippen LogP contribution in [0, 0.1) is 11.3 Å². The van der Waals surface area contributed by atoms with E-state index >= 15 is 0 Å². The molecule has 0 radical (unpaired) electrons. The number of nitrogens with zero attached hydrogens (tertiary/aromatic N) is 4. The molecule has 1 fully saturated rings. The standard InChI is InChI=1S/C16H15N7/c17-4-10-5-19-14-9-20-15(23-12-1-2-18-8-12)3-13(14)16(10)11-6-21-22-7-11/h3,5-7,9,12,18H,1-2,8H2,(H,20,23)(H,21,22)/t12-/m1/s1. The van der Waals surface area contributed by atoms with Crippen molar-refractivity contribution in [1.29, 1.82) is 5.26 Å². The van der Waals surface area contributed by atoms with Crippen molar-refractivity contribution in [2.24, 2.45) is 0 Å². The molecule has 0 spiro atoms. The molecule has 1 saturated heterocycles. The number of hydrogen-bond acceptors (Lipinski definition) is 6. The molecule has 23 heavy (non-hydrogen) atoms. The first-order valence-electron chi connectivity index (χ1n) is 7.50. The Bertz CT molecular complexity index is 873. The van der Waals surface area contributed by atoms with E-state index in [1.54, 1.807) is 24.8 Å². The SMILES string of the molecule is N#Cc1cnc2cnc(N[C@@H]3CCNC3)cc2c1-c1cn[nH]c1. The predicted molar refractivity (Wildman–Crippen MR) is 86.7 cm³/mol. The lowest BCUT2D eigenvalue weighted by molar-refractivity contribution is 0.788. The van der Waals surface area contributed by atoms with Gasteiger partial charge in [-0.1, -0.05) is 0 Å². The summed E-state index contributed by atoms with van der Waals surface area (Å²) in [5, 5.41) is 23.9. The molecule has 7 heteroatoms. The largest absolute Gasteiger partial charge is 0.366 e. The minimum absolute atomic E-state index is 0.379. The van der Waals surface area contributed by atoms with Crippen LogP contribution in [-0.2, 0) is 0 Å². The van der Waals surface area contributed by atoms with Crippen LogP contribution in [0.1, 0.15) is 12.0 Å². The number of aromatic nitrogens is 4. The Hall–Kier alpha value is -2.98. The number of hydrogen-bond donors (Lipinski definition) is 3. The van der Waals surface area contributed by atoms with Gasteiger partial charge >= 0.3 is 0 Å². The van der Waals surface area contributed by atoms with Crippen LogP contribution in [0.5, 0.6) is 0 Å². The highest BCUT2D eigenvalue weighted by Gasteiger charge is 2.16. The second-order valence-corrected chi connectivity index (χ2v) is 5.57. The summed E-state index contributed by atoms with van der Waals surface area (Å²) in [6, 6.07) is 4.55. The fourth-order valence-corrected chi connectivity index (χ4v) is 2.94. The molecule has 3 aromatic heterocycles. The third-order valence-electron chi connectivity index (χ3n) is 4.07. The first-order valence-corrected chi connectivity index (χ1v) is 7.50. The summed E-state index contributed by atoms with van der Waals surface area (Å²) < 4.78 is 0. The molecule has 1 atom stereocenters. The summed E-state index contributed by atoms with van der Waals surface area (Å²) in [6.07, 6.45) is 7.89. The molecular formula is C16H15N7. The van der Waals surface area contributed by atoms with Crippen molar-refractivity contribution in [3.05, 3.63) is 36.4 Å². The molecule has 1 aliphatic rings. The van der Waals surface area contributed by atoms with Gasteiger partial charge in [0.25, 0.3) is 0 Å². The highest BCUT2D eigenvalue weighted by Crippen LogP contribution is 2.31. The molecule has 114 valence electrons. The molecule has 1 aliphatic heterocycles. The Morgan fingerprint density at radius 3 is 2.96 bits per heavy atom. The third-order valence-corrected chi connectivity index (χ3v) is 4.07. The van der Waals surface area contributed by atoms with Gasteiger partial charge in [-0.2, -0.15) is 10.4 Å². The van der Waals surface area contributed by atoms with E-state index in [2.05, 4.69) is 36.9 Å². The second-order valence-electron chi connectivity index (χ2n) is 5.57. The molecule has 3 aromatic rings. The normalized spacial score (nSPS) is 17.3. The van der Waals surface area contributed by atoms with Crippen LogP contribution in [0.3, 0.4) is 0 Å². The Kier molecular flexibility index (Phi) is 3.37. The lowest BCUT2D eigenvalue weighted by Crippen LogP contribution is -2.22. The van der Waals surface area contributed by atoms with E-state index in [0.717, 1.165) is 47.4 Å². The van der Waals surface area contributed by atoms with Gasteiger partial charge in [0.1, 0.15) is 11.9 Å².